The quantitative estimate of drug-likeness (QED) is 0.717. The summed E-state index contributed by atoms with van der Waals surface area (Å²) in [6.45, 7) is -2.04. The van der Waals surface area contributed by atoms with Crippen LogP contribution < -0.4 is 15.4 Å². The summed E-state index contributed by atoms with van der Waals surface area (Å²) < 4.78 is 28.3. The van der Waals surface area contributed by atoms with Gasteiger partial charge in [0.15, 0.2) is 0 Å². The fourth-order valence-electron chi connectivity index (χ4n) is 2.49. The summed E-state index contributed by atoms with van der Waals surface area (Å²) in [5, 5.41) is 5.82. The molecule has 0 atom stereocenters. The lowest BCUT2D eigenvalue weighted by molar-refractivity contribution is -0.119. The number of benzene rings is 1. The fourth-order valence-corrected chi connectivity index (χ4v) is 2.49. The summed E-state index contributed by atoms with van der Waals surface area (Å²) in [4.78, 5) is 11.8. The van der Waals surface area contributed by atoms with Crippen LogP contribution in [0.15, 0.2) is 35.9 Å². The van der Waals surface area contributed by atoms with Gasteiger partial charge in [0.2, 0.25) is 5.91 Å². The molecule has 0 bridgehead atoms. The molecule has 0 aliphatic heterocycles. The molecule has 0 saturated heterocycles. The number of alkyl halides is 2. The van der Waals surface area contributed by atoms with Gasteiger partial charge >= 0.3 is 6.61 Å². The van der Waals surface area contributed by atoms with E-state index < -0.39 is 6.61 Å². The van der Waals surface area contributed by atoms with Crippen LogP contribution in [0.3, 0.4) is 0 Å². The Hall–Kier alpha value is -2.11. The molecule has 1 aliphatic rings. The maximum Gasteiger partial charge on any atom is 0.387 e. The van der Waals surface area contributed by atoms with Gasteiger partial charge in [0.25, 0.3) is 0 Å². The van der Waals surface area contributed by atoms with Crippen LogP contribution in [0.2, 0.25) is 0 Å². The number of carbonyl (C=O) groups is 1. The van der Waals surface area contributed by atoms with Crippen molar-refractivity contribution in [2.75, 3.05) is 18.4 Å². The van der Waals surface area contributed by atoms with Crippen LogP contribution in [0.1, 0.15) is 32.1 Å². The zero-order valence-electron chi connectivity index (χ0n) is 13.0. The number of amides is 1. The molecule has 0 unspecified atom stereocenters. The van der Waals surface area contributed by atoms with Crippen LogP contribution in [0.25, 0.3) is 0 Å². The smallest absolute Gasteiger partial charge is 0.387 e. The topological polar surface area (TPSA) is 50.4 Å². The third-order valence-electron chi connectivity index (χ3n) is 3.69. The lowest BCUT2D eigenvalue weighted by Crippen LogP contribution is -2.30. The first kappa shape index (κ1) is 17.2. The maximum absolute atomic E-state index is 12.0. The molecule has 2 N–H and O–H groups in total. The van der Waals surface area contributed by atoms with Gasteiger partial charge in [-0.2, -0.15) is 8.78 Å². The average molecular weight is 324 g/mol. The molecule has 0 fully saturated rings. The van der Waals surface area contributed by atoms with Crippen molar-refractivity contribution < 1.29 is 18.3 Å². The molecular formula is C17H22F2N2O2. The third kappa shape index (κ3) is 6.67. The van der Waals surface area contributed by atoms with Crippen molar-refractivity contribution in [3.05, 3.63) is 35.9 Å². The van der Waals surface area contributed by atoms with E-state index in [1.165, 1.54) is 30.5 Å². The molecule has 0 aromatic heterocycles. The number of rotatable bonds is 8. The van der Waals surface area contributed by atoms with E-state index in [2.05, 4.69) is 21.4 Å². The summed E-state index contributed by atoms with van der Waals surface area (Å²) in [7, 11) is 0. The van der Waals surface area contributed by atoms with E-state index in [1.807, 2.05) is 0 Å². The number of halogens is 2. The highest BCUT2D eigenvalue weighted by molar-refractivity contribution is 5.80. The first-order chi connectivity index (χ1) is 11.1. The van der Waals surface area contributed by atoms with Gasteiger partial charge in [-0.1, -0.05) is 11.6 Å². The van der Waals surface area contributed by atoms with Crippen LogP contribution in [0.5, 0.6) is 5.75 Å². The van der Waals surface area contributed by atoms with Crippen LogP contribution in [-0.2, 0) is 4.79 Å². The Kier molecular flexibility index (Phi) is 6.84. The van der Waals surface area contributed by atoms with Crippen molar-refractivity contribution in [3.63, 3.8) is 0 Å². The Morgan fingerprint density at radius 2 is 2.00 bits per heavy atom. The lowest BCUT2D eigenvalue weighted by Gasteiger charge is -2.13. The van der Waals surface area contributed by atoms with Crippen LogP contribution in [0, 0.1) is 0 Å². The number of anilines is 1. The predicted molar refractivity (Wildman–Crippen MR) is 85.7 cm³/mol. The van der Waals surface area contributed by atoms with Gasteiger partial charge in [-0.05, 0) is 56.4 Å². The summed E-state index contributed by atoms with van der Waals surface area (Å²) in [5.41, 5.74) is 2.11. The summed E-state index contributed by atoms with van der Waals surface area (Å²) in [6, 6.07) is 6.06. The summed E-state index contributed by atoms with van der Waals surface area (Å²) in [6.07, 6.45) is 7.98. The van der Waals surface area contributed by atoms with E-state index in [9.17, 15) is 13.6 Å². The number of hydrogen-bond donors (Lipinski definition) is 2. The van der Waals surface area contributed by atoms with Crippen molar-refractivity contribution in [2.45, 2.75) is 38.7 Å². The lowest BCUT2D eigenvalue weighted by atomic mass is 9.97. The number of ether oxygens (including phenoxy) is 1. The highest BCUT2D eigenvalue weighted by Gasteiger charge is 2.06. The molecule has 0 spiro atoms. The molecule has 0 radical (unpaired) electrons. The molecule has 1 aromatic rings. The van der Waals surface area contributed by atoms with E-state index in [-0.39, 0.29) is 18.2 Å². The van der Waals surface area contributed by atoms with Crippen LogP contribution >= 0.6 is 0 Å². The Labute approximate surface area is 134 Å². The van der Waals surface area contributed by atoms with Gasteiger partial charge in [0.05, 0.1) is 6.54 Å². The molecule has 0 heterocycles. The number of nitrogens with one attached hydrogen (secondary N) is 2. The standard InChI is InChI=1S/C17H22F2N2O2/c18-17(19)23-15-8-6-14(7-9-15)21-12-16(22)20-11-10-13-4-2-1-3-5-13/h4,6-9,17,21H,1-3,5,10-12H2,(H,20,22). The first-order valence-electron chi connectivity index (χ1n) is 7.87. The van der Waals surface area contributed by atoms with Crippen molar-refractivity contribution in [1.82, 2.24) is 5.32 Å². The molecule has 1 amide bonds. The van der Waals surface area contributed by atoms with E-state index in [1.54, 1.807) is 12.1 Å². The first-order valence-corrected chi connectivity index (χ1v) is 7.87. The Bertz CT molecular complexity index is 530. The molecule has 1 aliphatic carbocycles. The van der Waals surface area contributed by atoms with Crippen molar-refractivity contribution in [3.8, 4) is 5.75 Å². The second kappa shape index (κ2) is 9.12. The average Bonchev–Trinajstić information content (AvgIpc) is 2.55. The number of carbonyl (C=O) groups excluding carboxylic acids is 1. The molecule has 1 aromatic carbocycles. The minimum absolute atomic E-state index is 0.0886. The molecule has 2 rings (SSSR count). The molecule has 4 nitrogen and oxygen atoms in total. The second-order valence-electron chi connectivity index (χ2n) is 5.46. The van der Waals surface area contributed by atoms with E-state index in [0.717, 1.165) is 19.3 Å². The molecule has 6 heteroatoms. The SMILES string of the molecule is O=C(CNc1ccc(OC(F)F)cc1)NCCC1=CCCCC1. The van der Waals surface area contributed by atoms with Gasteiger partial charge in [-0.3, -0.25) is 4.79 Å². The Morgan fingerprint density at radius 1 is 1.22 bits per heavy atom. The number of hydrogen-bond acceptors (Lipinski definition) is 3. The molecule has 0 saturated carbocycles. The van der Waals surface area contributed by atoms with E-state index in [0.29, 0.717) is 12.2 Å². The summed E-state index contributed by atoms with van der Waals surface area (Å²) >= 11 is 0. The van der Waals surface area contributed by atoms with Crippen molar-refractivity contribution in [1.29, 1.82) is 0 Å². The van der Waals surface area contributed by atoms with Crippen LogP contribution in [0.4, 0.5) is 14.5 Å². The normalized spacial score (nSPS) is 14.3. The minimum atomic E-state index is -2.83. The van der Waals surface area contributed by atoms with Crippen LogP contribution in [-0.4, -0.2) is 25.6 Å². The third-order valence-corrected chi connectivity index (χ3v) is 3.69. The summed E-state index contributed by atoms with van der Waals surface area (Å²) in [5.74, 6) is 0.00470. The molecule has 126 valence electrons. The number of allylic oxidation sites excluding steroid dienone is 1. The van der Waals surface area contributed by atoms with Gasteiger partial charge in [0.1, 0.15) is 5.75 Å². The minimum Gasteiger partial charge on any atom is -0.435 e. The largest absolute Gasteiger partial charge is 0.435 e. The predicted octanol–water partition coefficient (Wildman–Crippen LogP) is 3.71. The zero-order valence-corrected chi connectivity index (χ0v) is 13.0. The fraction of sp³-hybridized carbons (Fsp3) is 0.471. The van der Waals surface area contributed by atoms with E-state index >= 15 is 0 Å². The zero-order chi connectivity index (χ0) is 16.5. The second-order valence-corrected chi connectivity index (χ2v) is 5.46. The highest BCUT2D eigenvalue weighted by Crippen LogP contribution is 2.19. The van der Waals surface area contributed by atoms with E-state index in [4.69, 9.17) is 0 Å². The Morgan fingerprint density at radius 3 is 2.65 bits per heavy atom. The van der Waals surface area contributed by atoms with Crippen molar-refractivity contribution >= 4 is 11.6 Å². The highest BCUT2D eigenvalue weighted by atomic mass is 19.3. The maximum atomic E-state index is 12.0. The van der Waals surface area contributed by atoms with Gasteiger partial charge in [-0.25, -0.2) is 0 Å². The Balaban J connectivity index is 1.64. The van der Waals surface area contributed by atoms with Crippen molar-refractivity contribution in [2.24, 2.45) is 0 Å². The van der Waals surface area contributed by atoms with Gasteiger partial charge < -0.3 is 15.4 Å². The van der Waals surface area contributed by atoms with Gasteiger partial charge in [0, 0.05) is 12.2 Å². The van der Waals surface area contributed by atoms with Gasteiger partial charge in [-0.15, -0.1) is 0 Å². The monoisotopic (exact) mass is 324 g/mol. The molecule has 23 heavy (non-hydrogen) atoms. The molecular weight excluding hydrogens is 302 g/mol.